The Morgan fingerprint density at radius 3 is 2.55 bits per heavy atom. The van der Waals surface area contributed by atoms with Crippen LogP contribution in [0, 0.1) is 0 Å². The van der Waals surface area contributed by atoms with Gasteiger partial charge in [0.2, 0.25) is 0 Å². The van der Waals surface area contributed by atoms with Gasteiger partial charge in [-0.2, -0.15) is 0 Å². The first-order chi connectivity index (χ1) is 9.32. The quantitative estimate of drug-likeness (QED) is 0.835. The van der Waals surface area contributed by atoms with Crippen LogP contribution < -0.4 is 0 Å². The van der Waals surface area contributed by atoms with Crippen molar-refractivity contribution in [1.82, 2.24) is 9.47 Å². The van der Waals surface area contributed by atoms with E-state index in [9.17, 15) is 18.4 Å². The van der Waals surface area contributed by atoms with Gasteiger partial charge in [0, 0.05) is 18.8 Å². The van der Waals surface area contributed by atoms with Crippen LogP contribution in [0.3, 0.4) is 0 Å². The van der Waals surface area contributed by atoms with Crippen molar-refractivity contribution >= 4 is 11.9 Å². The Morgan fingerprint density at radius 2 is 2.05 bits per heavy atom. The van der Waals surface area contributed by atoms with Crippen LogP contribution in [0.15, 0.2) is 18.3 Å². The molecule has 1 aromatic rings. The second-order valence-corrected chi connectivity index (χ2v) is 4.67. The molecule has 0 unspecified atom stereocenters. The minimum atomic E-state index is -2.56. The molecule has 0 atom stereocenters. The summed E-state index contributed by atoms with van der Waals surface area (Å²) in [4.78, 5) is 24.3. The van der Waals surface area contributed by atoms with Crippen molar-refractivity contribution < 1.29 is 23.5 Å². The topological polar surface area (TPSA) is 62.5 Å². The number of hydrogen-bond acceptors (Lipinski definition) is 2. The molecule has 0 aliphatic heterocycles. The summed E-state index contributed by atoms with van der Waals surface area (Å²) in [5.74, 6) is -1.45. The number of carbonyl (C=O) groups is 2. The predicted molar refractivity (Wildman–Crippen MR) is 68.9 cm³/mol. The Hall–Kier alpha value is -1.92. The monoisotopic (exact) mass is 288 g/mol. The fourth-order valence-corrected chi connectivity index (χ4v) is 1.87. The first-order valence-corrected chi connectivity index (χ1v) is 6.29. The van der Waals surface area contributed by atoms with Crippen LogP contribution in [0.5, 0.6) is 0 Å². The summed E-state index contributed by atoms with van der Waals surface area (Å²) in [6, 6.07) is 2.77. The van der Waals surface area contributed by atoms with Crippen molar-refractivity contribution in [1.29, 1.82) is 0 Å². The third kappa shape index (κ3) is 4.32. The van der Waals surface area contributed by atoms with Gasteiger partial charge in [0.25, 0.3) is 12.3 Å². The van der Waals surface area contributed by atoms with E-state index in [2.05, 4.69) is 0 Å². The van der Waals surface area contributed by atoms with Crippen molar-refractivity contribution in [2.24, 2.45) is 0 Å². The molecule has 5 nitrogen and oxygen atoms in total. The number of nitrogens with zero attached hydrogens (tertiary/aromatic N) is 2. The average molecular weight is 288 g/mol. The van der Waals surface area contributed by atoms with Gasteiger partial charge in [-0.25, -0.2) is 8.78 Å². The first kappa shape index (κ1) is 16.1. The smallest absolute Gasteiger partial charge is 0.305 e. The Labute approximate surface area is 115 Å². The lowest BCUT2D eigenvalue weighted by molar-refractivity contribution is -0.137. The molecule has 1 heterocycles. The highest BCUT2D eigenvalue weighted by Gasteiger charge is 2.22. The minimum Gasteiger partial charge on any atom is -0.481 e. The largest absolute Gasteiger partial charge is 0.481 e. The number of alkyl halides is 2. The highest BCUT2D eigenvalue weighted by molar-refractivity contribution is 5.93. The fourth-order valence-electron chi connectivity index (χ4n) is 1.87. The second-order valence-electron chi connectivity index (χ2n) is 4.67. The van der Waals surface area contributed by atoms with Crippen LogP contribution in [0.2, 0.25) is 0 Å². The Balaban J connectivity index is 2.89. The summed E-state index contributed by atoms with van der Waals surface area (Å²) in [5.41, 5.74) is 0.143. The molecule has 7 heteroatoms. The summed E-state index contributed by atoms with van der Waals surface area (Å²) in [6.07, 6.45) is -1.32. The van der Waals surface area contributed by atoms with Crippen LogP contribution >= 0.6 is 0 Å². The van der Waals surface area contributed by atoms with Crippen molar-refractivity contribution in [3.05, 3.63) is 24.0 Å². The molecule has 0 aliphatic carbocycles. The van der Waals surface area contributed by atoms with Crippen LogP contribution in [-0.4, -0.2) is 45.5 Å². The maximum atomic E-state index is 12.4. The molecule has 0 spiro atoms. The third-order valence-electron chi connectivity index (χ3n) is 2.83. The van der Waals surface area contributed by atoms with E-state index >= 15 is 0 Å². The van der Waals surface area contributed by atoms with Crippen LogP contribution in [0.25, 0.3) is 0 Å². The van der Waals surface area contributed by atoms with E-state index in [0.29, 0.717) is 0 Å². The molecule has 0 bridgehead atoms. The number of carboxylic acid groups (broad SMARTS) is 1. The molecule has 0 aromatic carbocycles. The second kappa shape index (κ2) is 7.02. The summed E-state index contributed by atoms with van der Waals surface area (Å²) < 4.78 is 26.0. The Kier molecular flexibility index (Phi) is 5.66. The highest BCUT2D eigenvalue weighted by atomic mass is 19.3. The number of hydrogen-bond donors (Lipinski definition) is 1. The molecule has 0 aliphatic rings. The number of amides is 1. The normalized spacial score (nSPS) is 11.1. The lowest BCUT2D eigenvalue weighted by Gasteiger charge is -2.26. The summed E-state index contributed by atoms with van der Waals surface area (Å²) in [6.45, 7) is 2.99. The van der Waals surface area contributed by atoms with Gasteiger partial charge < -0.3 is 14.6 Å². The number of carboxylic acids is 1. The zero-order valence-corrected chi connectivity index (χ0v) is 11.4. The van der Waals surface area contributed by atoms with Gasteiger partial charge in [-0.15, -0.1) is 0 Å². The van der Waals surface area contributed by atoms with E-state index in [1.54, 1.807) is 13.8 Å². The van der Waals surface area contributed by atoms with Crippen molar-refractivity contribution in [3.8, 4) is 0 Å². The zero-order chi connectivity index (χ0) is 15.3. The first-order valence-electron chi connectivity index (χ1n) is 6.29. The van der Waals surface area contributed by atoms with E-state index in [1.807, 2.05) is 0 Å². The lowest BCUT2D eigenvalue weighted by atomic mass is 10.2. The molecular formula is C13H18F2N2O3. The zero-order valence-electron chi connectivity index (χ0n) is 11.4. The van der Waals surface area contributed by atoms with E-state index < -0.39 is 24.8 Å². The number of aromatic nitrogens is 1. The molecule has 20 heavy (non-hydrogen) atoms. The molecular weight excluding hydrogens is 270 g/mol. The van der Waals surface area contributed by atoms with Gasteiger partial charge in [0.1, 0.15) is 5.69 Å². The molecule has 0 saturated heterocycles. The Morgan fingerprint density at radius 1 is 1.40 bits per heavy atom. The molecule has 1 rings (SSSR count). The molecule has 0 radical (unpaired) electrons. The van der Waals surface area contributed by atoms with Crippen molar-refractivity contribution in [2.75, 3.05) is 6.54 Å². The summed E-state index contributed by atoms with van der Waals surface area (Å²) in [5, 5.41) is 8.69. The van der Waals surface area contributed by atoms with Gasteiger partial charge in [-0.1, -0.05) is 0 Å². The predicted octanol–water partition coefficient (Wildman–Crippen LogP) is 2.08. The van der Waals surface area contributed by atoms with Crippen LogP contribution in [-0.2, 0) is 11.3 Å². The third-order valence-corrected chi connectivity index (χ3v) is 2.83. The van der Waals surface area contributed by atoms with Crippen LogP contribution in [0.4, 0.5) is 8.78 Å². The van der Waals surface area contributed by atoms with E-state index in [-0.39, 0.29) is 24.7 Å². The standard InChI is InChI=1S/C13H18F2N2O3/c1-9(2)17(7-5-12(18)19)13(20)10-4-3-6-16(10)8-11(14)15/h3-4,6,9,11H,5,7-8H2,1-2H3,(H,18,19). The minimum absolute atomic E-state index is 0.0473. The van der Waals surface area contributed by atoms with Gasteiger partial charge in [-0.3, -0.25) is 9.59 Å². The number of carbonyl (C=O) groups excluding carboxylic acids is 1. The van der Waals surface area contributed by atoms with Gasteiger partial charge >= 0.3 is 5.97 Å². The average Bonchev–Trinajstić information content (AvgIpc) is 2.75. The van der Waals surface area contributed by atoms with Crippen LogP contribution in [0.1, 0.15) is 30.8 Å². The molecule has 0 saturated carbocycles. The molecule has 0 fully saturated rings. The molecule has 1 aromatic heterocycles. The number of rotatable bonds is 7. The van der Waals surface area contributed by atoms with Gasteiger partial charge in [0.15, 0.2) is 0 Å². The molecule has 112 valence electrons. The SMILES string of the molecule is CC(C)N(CCC(=O)O)C(=O)c1cccn1CC(F)F. The summed E-state index contributed by atoms with van der Waals surface area (Å²) in [7, 11) is 0. The van der Waals surface area contributed by atoms with Gasteiger partial charge in [-0.05, 0) is 26.0 Å². The van der Waals surface area contributed by atoms with Gasteiger partial charge in [0.05, 0.1) is 13.0 Å². The maximum Gasteiger partial charge on any atom is 0.305 e. The maximum absolute atomic E-state index is 12.4. The van der Waals surface area contributed by atoms with E-state index in [4.69, 9.17) is 5.11 Å². The van der Waals surface area contributed by atoms with Crippen molar-refractivity contribution in [2.45, 2.75) is 39.3 Å². The fraction of sp³-hybridized carbons (Fsp3) is 0.538. The van der Waals surface area contributed by atoms with Crippen molar-refractivity contribution in [3.63, 3.8) is 0 Å². The molecule has 1 amide bonds. The van der Waals surface area contributed by atoms with E-state index in [1.165, 1.54) is 27.8 Å². The lowest BCUT2D eigenvalue weighted by Crippen LogP contribution is -2.39. The summed E-state index contributed by atoms with van der Waals surface area (Å²) >= 11 is 0. The Bertz CT molecular complexity index is 472. The number of aliphatic carboxylic acids is 1. The highest BCUT2D eigenvalue weighted by Crippen LogP contribution is 2.12. The van der Waals surface area contributed by atoms with E-state index in [0.717, 1.165) is 0 Å². The molecule has 1 N–H and O–H groups in total. The number of halogens is 2.